The lowest BCUT2D eigenvalue weighted by Crippen LogP contribution is -2.20. The molecule has 1 aromatic heterocycles. The number of nitrogens with zero attached hydrogens (tertiary/aromatic N) is 1. The minimum absolute atomic E-state index is 0.104. The molecule has 0 amide bonds. The van der Waals surface area contributed by atoms with Gasteiger partial charge in [-0.1, -0.05) is 48.5 Å². The van der Waals surface area contributed by atoms with Crippen molar-refractivity contribution in [1.82, 2.24) is 4.57 Å². The summed E-state index contributed by atoms with van der Waals surface area (Å²) in [5.74, 6) is 0.959. The number of carbonyl (C=O) groups excluding carboxylic acids is 2. The molecule has 2 aliphatic rings. The molecule has 0 saturated heterocycles. The van der Waals surface area contributed by atoms with Gasteiger partial charge < -0.3 is 14.0 Å². The van der Waals surface area contributed by atoms with Crippen molar-refractivity contribution >= 4 is 11.6 Å². The summed E-state index contributed by atoms with van der Waals surface area (Å²) in [5.41, 5.74) is 6.46. The molecular formula is C28H21NO4. The molecule has 33 heavy (non-hydrogen) atoms. The first-order chi connectivity index (χ1) is 16.1. The van der Waals surface area contributed by atoms with Gasteiger partial charge in [0.15, 0.2) is 23.1 Å². The highest BCUT2D eigenvalue weighted by Gasteiger charge is 2.40. The van der Waals surface area contributed by atoms with Gasteiger partial charge in [-0.15, -0.1) is 0 Å². The third kappa shape index (κ3) is 2.65. The molecule has 3 aromatic carbocycles. The number of ether oxygens (including phenoxy) is 2. The van der Waals surface area contributed by atoms with Crippen LogP contribution in [0, 0.1) is 0 Å². The molecule has 0 radical (unpaired) electrons. The first-order valence-corrected chi connectivity index (χ1v) is 10.9. The molecule has 5 nitrogen and oxygen atoms in total. The molecule has 0 atom stereocenters. The minimum Gasteiger partial charge on any atom is -0.493 e. The molecule has 0 unspecified atom stereocenters. The Balaban J connectivity index is 1.72. The van der Waals surface area contributed by atoms with Crippen LogP contribution in [0.2, 0.25) is 0 Å². The van der Waals surface area contributed by atoms with Gasteiger partial charge in [0.25, 0.3) is 0 Å². The van der Waals surface area contributed by atoms with Gasteiger partial charge in [0.1, 0.15) is 0 Å². The highest BCUT2D eigenvalue weighted by molar-refractivity contribution is 6.32. The molecule has 6 rings (SSSR count). The van der Waals surface area contributed by atoms with E-state index in [2.05, 4.69) is 10.6 Å². The van der Waals surface area contributed by atoms with E-state index in [0.29, 0.717) is 40.3 Å². The molecule has 0 fully saturated rings. The quantitative estimate of drug-likeness (QED) is 0.392. The maximum atomic E-state index is 13.8. The van der Waals surface area contributed by atoms with Gasteiger partial charge in [-0.2, -0.15) is 0 Å². The van der Waals surface area contributed by atoms with Crippen molar-refractivity contribution in [3.05, 3.63) is 94.5 Å². The summed E-state index contributed by atoms with van der Waals surface area (Å²) in [6.45, 7) is 0.680. The van der Waals surface area contributed by atoms with Gasteiger partial charge in [-0.3, -0.25) is 9.59 Å². The van der Waals surface area contributed by atoms with Crippen LogP contribution in [0.25, 0.3) is 22.5 Å². The standard InChI is InChI=1S/C28H21NO4/c1-32-21-12-11-17(15-22(21)33-2)25-23-24(28(31)20-10-6-5-9-19(20)27(23)30)26-18-8-4-3-7-16(18)13-14-29(25)26/h3-12,15H,13-14H2,1-2H3. The Bertz CT molecular complexity index is 1480. The van der Waals surface area contributed by atoms with Crippen LogP contribution in [0.3, 0.4) is 0 Å². The van der Waals surface area contributed by atoms with E-state index >= 15 is 0 Å². The van der Waals surface area contributed by atoms with Crippen molar-refractivity contribution in [2.75, 3.05) is 14.2 Å². The average molecular weight is 435 g/mol. The number of benzene rings is 3. The van der Waals surface area contributed by atoms with Crippen LogP contribution in [0.15, 0.2) is 66.7 Å². The molecule has 0 spiro atoms. The van der Waals surface area contributed by atoms with Gasteiger partial charge in [-0.25, -0.2) is 0 Å². The Morgan fingerprint density at radius 3 is 1.97 bits per heavy atom. The van der Waals surface area contributed by atoms with Crippen LogP contribution >= 0.6 is 0 Å². The van der Waals surface area contributed by atoms with E-state index in [1.165, 1.54) is 5.56 Å². The van der Waals surface area contributed by atoms with Crippen LogP contribution in [-0.4, -0.2) is 30.4 Å². The SMILES string of the molecule is COc1ccc(-c2c3c(c4n2CCc2ccccc2-4)C(=O)c2ccccc2C3=O)cc1OC. The number of methoxy groups -OCH3 is 2. The van der Waals surface area contributed by atoms with E-state index in [1.807, 2.05) is 36.4 Å². The summed E-state index contributed by atoms with van der Waals surface area (Å²) < 4.78 is 13.1. The lowest BCUT2D eigenvalue weighted by atomic mass is 9.82. The van der Waals surface area contributed by atoms with Crippen molar-refractivity contribution in [3.8, 4) is 34.0 Å². The molecular weight excluding hydrogens is 414 g/mol. The molecule has 0 N–H and O–H groups in total. The number of aromatic nitrogens is 1. The zero-order chi connectivity index (χ0) is 22.7. The monoisotopic (exact) mass is 435 g/mol. The zero-order valence-corrected chi connectivity index (χ0v) is 18.3. The smallest absolute Gasteiger partial charge is 0.196 e. The predicted octanol–water partition coefficient (Wildman–Crippen LogP) is 5.17. The molecule has 1 aliphatic carbocycles. The van der Waals surface area contributed by atoms with Crippen LogP contribution in [-0.2, 0) is 13.0 Å². The van der Waals surface area contributed by atoms with Crippen molar-refractivity contribution < 1.29 is 19.1 Å². The molecule has 0 saturated carbocycles. The van der Waals surface area contributed by atoms with Crippen molar-refractivity contribution in [2.24, 2.45) is 0 Å². The second kappa shape index (κ2) is 7.20. The van der Waals surface area contributed by atoms with Gasteiger partial charge in [-0.05, 0) is 30.2 Å². The summed E-state index contributed by atoms with van der Waals surface area (Å²) in [5, 5.41) is 0. The van der Waals surface area contributed by atoms with Crippen LogP contribution in [0.1, 0.15) is 37.4 Å². The van der Waals surface area contributed by atoms with E-state index in [1.54, 1.807) is 38.5 Å². The lowest BCUT2D eigenvalue weighted by Gasteiger charge is -2.22. The molecule has 162 valence electrons. The summed E-state index contributed by atoms with van der Waals surface area (Å²) in [6.07, 6.45) is 0.826. The highest BCUT2D eigenvalue weighted by atomic mass is 16.5. The van der Waals surface area contributed by atoms with Crippen molar-refractivity contribution in [2.45, 2.75) is 13.0 Å². The number of carbonyl (C=O) groups is 2. The second-order valence-corrected chi connectivity index (χ2v) is 8.28. The van der Waals surface area contributed by atoms with Gasteiger partial charge in [0, 0.05) is 28.8 Å². The van der Waals surface area contributed by atoms with E-state index in [9.17, 15) is 9.59 Å². The summed E-state index contributed by atoms with van der Waals surface area (Å²) in [7, 11) is 3.18. The van der Waals surface area contributed by atoms with Crippen molar-refractivity contribution in [1.29, 1.82) is 0 Å². The van der Waals surface area contributed by atoms with Crippen LogP contribution in [0.5, 0.6) is 11.5 Å². The molecule has 0 bridgehead atoms. The topological polar surface area (TPSA) is 57.5 Å². The number of ketones is 2. The predicted molar refractivity (Wildman–Crippen MR) is 125 cm³/mol. The van der Waals surface area contributed by atoms with E-state index in [4.69, 9.17) is 9.47 Å². The maximum absolute atomic E-state index is 13.8. The molecule has 2 heterocycles. The Morgan fingerprint density at radius 1 is 0.697 bits per heavy atom. The Hall–Kier alpha value is -4.12. The fourth-order valence-electron chi connectivity index (χ4n) is 5.20. The third-order valence-corrected chi connectivity index (χ3v) is 6.67. The molecule has 1 aliphatic heterocycles. The molecule has 4 aromatic rings. The maximum Gasteiger partial charge on any atom is 0.196 e. The lowest BCUT2D eigenvalue weighted by molar-refractivity contribution is 0.0981. The zero-order valence-electron chi connectivity index (χ0n) is 18.3. The number of hydrogen-bond donors (Lipinski definition) is 0. The first-order valence-electron chi connectivity index (χ1n) is 10.9. The Labute approximate surface area is 191 Å². The fraction of sp³-hybridized carbons (Fsp3) is 0.143. The first kappa shape index (κ1) is 19.6. The second-order valence-electron chi connectivity index (χ2n) is 8.28. The number of fused-ring (bicyclic) bond motifs is 6. The van der Waals surface area contributed by atoms with Crippen LogP contribution in [0.4, 0.5) is 0 Å². The number of aryl methyl sites for hydroxylation is 1. The number of rotatable bonds is 3. The highest BCUT2D eigenvalue weighted by Crippen LogP contribution is 2.46. The minimum atomic E-state index is -0.121. The van der Waals surface area contributed by atoms with Gasteiger partial charge in [0.05, 0.1) is 36.7 Å². The summed E-state index contributed by atoms with van der Waals surface area (Å²) >= 11 is 0. The Kier molecular flexibility index (Phi) is 4.27. The largest absolute Gasteiger partial charge is 0.493 e. The Morgan fingerprint density at radius 2 is 1.30 bits per heavy atom. The van der Waals surface area contributed by atoms with Crippen LogP contribution < -0.4 is 9.47 Å². The fourth-order valence-corrected chi connectivity index (χ4v) is 5.20. The van der Waals surface area contributed by atoms with Crippen molar-refractivity contribution in [3.63, 3.8) is 0 Å². The number of hydrogen-bond acceptors (Lipinski definition) is 4. The average Bonchev–Trinajstić information content (AvgIpc) is 3.23. The third-order valence-electron chi connectivity index (χ3n) is 6.67. The van der Waals surface area contributed by atoms with E-state index in [0.717, 1.165) is 28.9 Å². The summed E-state index contributed by atoms with van der Waals surface area (Å²) in [6, 6.07) is 20.8. The van der Waals surface area contributed by atoms with E-state index < -0.39 is 0 Å². The van der Waals surface area contributed by atoms with Gasteiger partial charge >= 0.3 is 0 Å². The molecule has 5 heteroatoms. The van der Waals surface area contributed by atoms with Gasteiger partial charge in [0.2, 0.25) is 0 Å². The summed E-state index contributed by atoms with van der Waals surface area (Å²) in [4.78, 5) is 27.6. The van der Waals surface area contributed by atoms with E-state index in [-0.39, 0.29) is 11.6 Å². The normalized spacial score (nSPS) is 13.6.